The Labute approximate surface area is 117 Å². The summed E-state index contributed by atoms with van der Waals surface area (Å²) < 4.78 is 18.9. The van der Waals surface area contributed by atoms with E-state index in [9.17, 15) is 4.39 Å². The van der Waals surface area contributed by atoms with Crippen molar-refractivity contribution in [3.8, 4) is 5.75 Å². The number of hydrogen-bond acceptors (Lipinski definition) is 3. The zero-order valence-electron chi connectivity index (χ0n) is 11.4. The molecule has 2 nitrogen and oxygen atoms in total. The minimum Gasteiger partial charge on any atom is -0.497 e. The Balaban J connectivity index is 2.03. The van der Waals surface area contributed by atoms with Gasteiger partial charge in [-0.1, -0.05) is 6.07 Å². The van der Waals surface area contributed by atoms with Crippen molar-refractivity contribution in [2.75, 3.05) is 7.11 Å². The van der Waals surface area contributed by atoms with Gasteiger partial charge in [0, 0.05) is 24.2 Å². The van der Waals surface area contributed by atoms with E-state index in [2.05, 4.69) is 23.0 Å². The lowest BCUT2D eigenvalue weighted by molar-refractivity contribution is 0.409. The standard InChI is InChI=1S/C15H18FNOS/c1-10-8-19-9-12(10)7-17-11(2)14-5-4-13(18-3)6-15(14)16/h4-6,8-9,11,17H,7H2,1-3H3. The third-order valence-electron chi connectivity index (χ3n) is 3.23. The van der Waals surface area contributed by atoms with Crippen LogP contribution < -0.4 is 10.1 Å². The normalized spacial score (nSPS) is 12.4. The van der Waals surface area contributed by atoms with Gasteiger partial charge in [-0.3, -0.25) is 0 Å². The van der Waals surface area contributed by atoms with Gasteiger partial charge in [0.05, 0.1) is 7.11 Å². The Morgan fingerprint density at radius 1 is 1.37 bits per heavy atom. The van der Waals surface area contributed by atoms with Crippen molar-refractivity contribution in [3.05, 3.63) is 51.5 Å². The van der Waals surface area contributed by atoms with Crippen LogP contribution >= 0.6 is 11.3 Å². The minimum absolute atomic E-state index is 0.0368. The fourth-order valence-electron chi connectivity index (χ4n) is 1.93. The van der Waals surface area contributed by atoms with Crippen molar-refractivity contribution < 1.29 is 9.13 Å². The van der Waals surface area contributed by atoms with Gasteiger partial charge in [-0.25, -0.2) is 4.39 Å². The molecule has 1 heterocycles. The first-order valence-electron chi connectivity index (χ1n) is 6.20. The smallest absolute Gasteiger partial charge is 0.131 e. The lowest BCUT2D eigenvalue weighted by Crippen LogP contribution is -2.19. The molecule has 0 aliphatic heterocycles. The fraction of sp³-hybridized carbons (Fsp3) is 0.333. The van der Waals surface area contributed by atoms with Crippen LogP contribution in [0.1, 0.15) is 29.7 Å². The van der Waals surface area contributed by atoms with Crippen LogP contribution in [0, 0.1) is 12.7 Å². The molecule has 0 saturated heterocycles. The van der Waals surface area contributed by atoms with Crippen LogP contribution in [0.4, 0.5) is 4.39 Å². The average Bonchev–Trinajstić information content (AvgIpc) is 2.81. The Kier molecular flexibility index (Phi) is 4.56. The molecule has 19 heavy (non-hydrogen) atoms. The molecular weight excluding hydrogens is 261 g/mol. The van der Waals surface area contributed by atoms with Gasteiger partial charge in [-0.15, -0.1) is 0 Å². The summed E-state index contributed by atoms with van der Waals surface area (Å²) in [5.41, 5.74) is 3.21. The van der Waals surface area contributed by atoms with Gasteiger partial charge in [0.1, 0.15) is 11.6 Å². The quantitative estimate of drug-likeness (QED) is 0.891. The number of methoxy groups -OCH3 is 1. The van der Waals surface area contributed by atoms with E-state index in [1.807, 2.05) is 6.92 Å². The van der Waals surface area contributed by atoms with Crippen LogP contribution in [-0.4, -0.2) is 7.11 Å². The molecule has 0 spiro atoms. The second kappa shape index (κ2) is 6.17. The lowest BCUT2D eigenvalue weighted by atomic mass is 10.1. The van der Waals surface area contributed by atoms with Gasteiger partial charge < -0.3 is 10.1 Å². The average molecular weight is 279 g/mol. The molecule has 0 aliphatic rings. The van der Waals surface area contributed by atoms with Crippen molar-refractivity contribution >= 4 is 11.3 Å². The first kappa shape index (κ1) is 14.0. The van der Waals surface area contributed by atoms with Crippen LogP contribution in [0.2, 0.25) is 0 Å². The summed E-state index contributed by atoms with van der Waals surface area (Å²) in [4.78, 5) is 0. The van der Waals surface area contributed by atoms with Crippen molar-refractivity contribution in [3.63, 3.8) is 0 Å². The van der Waals surface area contributed by atoms with Crippen LogP contribution in [0.5, 0.6) is 5.75 Å². The zero-order valence-corrected chi connectivity index (χ0v) is 12.2. The van der Waals surface area contributed by atoms with Crippen LogP contribution in [0.15, 0.2) is 29.0 Å². The Hall–Kier alpha value is -1.39. The Morgan fingerprint density at radius 3 is 2.74 bits per heavy atom. The molecule has 0 aliphatic carbocycles. The molecule has 2 aromatic rings. The summed E-state index contributed by atoms with van der Waals surface area (Å²) in [6.07, 6.45) is 0. The highest BCUT2D eigenvalue weighted by Gasteiger charge is 2.12. The summed E-state index contributed by atoms with van der Waals surface area (Å²) in [7, 11) is 1.54. The second-order valence-corrected chi connectivity index (χ2v) is 5.31. The molecule has 0 radical (unpaired) electrons. The SMILES string of the molecule is COc1ccc(C(C)NCc2cscc2C)c(F)c1. The number of benzene rings is 1. The van der Waals surface area contributed by atoms with Crippen molar-refractivity contribution in [1.29, 1.82) is 0 Å². The molecule has 0 fully saturated rings. The molecule has 2 rings (SSSR count). The predicted octanol–water partition coefficient (Wildman–Crippen LogP) is 4.06. The number of rotatable bonds is 5. The molecule has 0 bridgehead atoms. The number of hydrogen-bond donors (Lipinski definition) is 1. The predicted molar refractivity (Wildman–Crippen MR) is 77.3 cm³/mol. The van der Waals surface area contributed by atoms with Gasteiger partial charge in [-0.05, 0) is 41.8 Å². The third-order valence-corrected chi connectivity index (χ3v) is 4.14. The maximum Gasteiger partial charge on any atom is 0.131 e. The molecule has 1 unspecified atom stereocenters. The van der Waals surface area contributed by atoms with E-state index < -0.39 is 0 Å². The van der Waals surface area contributed by atoms with E-state index in [4.69, 9.17) is 4.74 Å². The molecule has 102 valence electrons. The number of ether oxygens (including phenoxy) is 1. The monoisotopic (exact) mass is 279 g/mol. The molecule has 4 heteroatoms. The van der Waals surface area contributed by atoms with Gasteiger partial charge in [0.2, 0.25) is 0 Å². The van der Waals surface area contributed by atoms with E-state index in [1.165, 1.54) is 24.3 Å². The number of aryl methyl sites for hydroxylation is 1. The number of thiophene rings is 1. The van der Waals surface area contributed by atoms with Gasteiger partial charge >= 0.3 is 0 Å². The number of nitrogens with one attached hydrogen (secondary N) is 1. The van der Waals surface area contributed by atoms with Crippen molar-refractivity contribution in [1.82, 2.24) is 5.32 Å². The summed E-state index contributed by atoms with van der Waals surface area (Å²) in [5, 5.41) is 7.59. The van der Waals surface area contributed by atoms with Crippen molar-refractivity contribution in [2.45, 2.75) is 26.4 Å². The first-order chi connectivity index (χ1) is 9.11. The summed E-state index contributed by atoms with van der Waals surface area (Å²) in [6, 6.07) is 4.94. The summed E-state index contributed by atoms with van der Waals surface area (Å²) >= 11 is 1.69. The molecule has 0 amide bonds. The van der Waals surface area contributed by atoms with E-state index >= 15 is 0 Å². The molecular formula is C15H18FNOS. The third kappa shape index (κ3) is 3.33. The zero-order chi connectivity index (χ0) is 13.8. The first-order valence-corrected chi connectivity index (χ1v) is 7.14. The van der Waals surface area contributed by atoms with E-state index in [1.54, 1.807) is 23.5 Å². The maximum atomic E-state index is 13.9. The number of halogens is 1. The van der Waals surface area contributed by atoms with Gasteiger partial charge in [0.15, 0.2) is 0 Å². The summed E-state index contributed by atoms with van der Waals surface area (Å²) in [5.74, 6) is 0.309. The summed E-state index contributed by atoms with van der Waals surface area (Å²) in [6.45, 7) is 4.81. The largest absolute Gasteiger partial charge is 0.497 e. The van der Waals surface area contributed by atoms with E-state index in [0.717, 1.165) is 6.54 Å². The molecule has 1 aromatic heterocycles. The van der Waals surface area contributed by atoms with Crippen LogP contribution in [0.25, 0.3) is 0 Å². The van der Waals surface area contributed by atoms with Gasteiger partial charge in [-0.2, -0.15) is 11.3 Å². The van der Waals surface area contributed by atoms with Crippen molar-refractivity contribution in [2.24, 2.45) is 0 Å². The van der Waals surface area contributed by atoms with Crippen LogP contribution in [0.3, 0.4) is 0 Å². The highest BCUT2D eigenvalue weighted by atomic mass is 32.1. The highest BCUT2D eigenvalue weighted by Crippen LogP contribution is 2.22. The fourth-order valence-corrected chi connectivity index (χ4v) is 2.78. The van der Waals surface area contributed by atoms with Crippen LogP contribution in [-0.2, 0) is 6.54 Å². The highest BCUT2D eigenvalue weighted by molar-refractivity contribution is 7.08. The molecule has 1 N–H and O–H groups in total. The lowest BCUT2D eigenvalue weighted by Gasteiger charge is -2.15. The Morgan fingerprint density at radius 2 is 2.16 bits per heavy atom. The minimum atomic E-state index is -0.235. The van der Waals surface area contributed by atoms with E-state index in [0.29, 0.717) is 11.3 Å². The van der Waals surface area contributed by atoms with E-state index in [-0.39, 0.29) is 11.9 Å². The molecule has 1 aromatic carbocycles. The molecule has 1 atom stereocenters. The second-order valence-electron chi connectivity index (χ2n) is 4.57. The van der Waals surface area contributed by atoms with Gasteiger partial charge in [0.25, 0.3) is 0 Å². The Bertz CT molecular complexity index is 553. The topological polar surface area (TPSA) is 21.3 Å². The maximum absolute atomic E-state index is 13.9. The molecule has 0 saturated carbocycles.